The molecule has 0 aliphatic heterocycles. The lowest BCUT2D eigenvalue weighted by atomic mass is 10.1. The molecule has 0 fully saturated rings. The van der Waals surface area contributed by atoms with Gasteiger partial charge in [-0.1, -0.05) is 21.1 Å². The van der Waals surface area contributed by atoms with E-state index in [1.807, 2.05) is 0 Å². The number of rotatable bonds is 6. The maximum atomic E-state index is 12.2. The molecule has 1 N–H and O–H groups in total. The normalized spacial score (nSPS) is 12.3. The summed E-state index contributed by atoms with van der Waals surface area (Å²) in [4.78, 5) is 13.1. The highest BCUT2D eigenvalue weighted by Crippen LogP contribution is 2.16. The molecule has 0 saturated carbocycles. The molecule has 1 atom stereocenters. The van der Waals surface area contributed by atoms with Gasteiger partial charge in [-0.15, -0.1) is 0 Å². The van der Waals surface area contributed by atoms with Gasteiger partial charge in [0.05, 0.1) is 0 Å². The van der Waals surface area contributed by atoms with E-state index in [9.17, 15) is 17.1 Å². The topological polar surface area (TPSA) is 129 Å². The number of hydrogen-bond acceptors (Lipinski definition) is 5. The smallest absolute Gasteiger partial charge is 0.481 e. The van der Waals surface area contributed by atoms with E-state index < -0.39 is 22.5 Å². The lowest BCUT2D eigenvalue weighted by Gasteiger charge is -2.06. The number of azide groups is 1. The molecule has 0 bridgehead atoms. The summed E-state index contributed by atoms with van der Waals surface area (Å²) < 4.78 is 36.6. The van der Waals surface area contributed by atoms with Crippen molar-refractivity contribution in [3.8, 4) is 5.75 Å². The van der Waals surface area contributed by atoms with Crippen molar-refractivity contribution in [1.82, 2.24) is 0 Å². The molecule has 0 aliphatic rings. The highest BCUT2D eigenvalue weighted by Gasteiger charge is 2.16. The van der Waals surface area contributed by atoms with Gasteiger partial charge in [0.2, 0.25) is 0 Å². The molecular weight excluding hydrogens is 281 g/mol. The first-order valence-electron chi connectivity index (χ1n) is 4.82. The van der Waals surface area contributed by atoms with Crippen molar-refractivity contribution in [2.75, 3.05) is 0 Å². The van der Waals surface area contributed by atoms with Crippen LogP contribution in [-0.4, -0.2) is 25.5 Å². The highest BCUT2D eigenvalue weighted by molar-refractivity contribution is 7.81. The summed E-state index contributed by atoms with van der Waals surface area (Å²) >= 11 is 0. The summed E-state index contributed by atoms with van der Waals surface area (Å²) in [7, 11) is -5.10. The monoisotopic (exact) mass is 289 g/mol. The fourth-order valence-electron chi connectivity index (χ4n) is 1.26. The van der Waals surface area contributed by atoms with Crippen molar-refractivity contribution in [3.63, 3.8) is 0 Å². The molecule has 1 aromatic rings. The minimum Gasteiger partial charge on any atom is -0.481 e. The van der Waals surface area contributed by atoms with Gasteiger partial charge in [-0.25, -0.2) is 0 Å². The second-order valence-electron chi connectivity index (χ2n) is 3.38. The van der Waals surface area contributed by atoms with E-state index in [0.29, 0.717) is 5.56 Å². The molecule has 19 heavy (non-hydrogen) atoms. The Morgan fingerprint density at radius 3 is 2.47 bits per heavy atom. The quantitative estimate of drug-likeness (QED) is 0.368. The van der Waals surface area contributed by atoms with Crippen LogP contribution < -0.4 is 4.18 Å². The number of halogens is 1. The van der Waals surface area contributed by atoms with Crippen molar-refractivity contribution in [2.45, 2.75) is 12.5 Å². The predicted octanol–water partition coefficient (Wildman–Crippen LogP) is 1.59. The molecule has 1 rings (SSSR count). The molecule has 0 heterocycles. The Balaban J connectivity index is 2.81. The van der Waals surface area contributed by atoms with E-state index in [2.05, 4.69) is 14.2 Å². The molecule has 0 aromatic heterocycles. The minimum absolute atomic E-state index is 0.0813. The van der Waals surface area contributed by atoms with Gasteiger partial charge in [0.15, 0.2) is 0 Å². The van der Waals surface area contributed by atoms with E-state index in [1.165, 1.54) is 12.1 Å². The van der Waals surface area contributed by atoms with Crippen LogP contribution in [-0.2, 0) is 21.7 Å². The van der Waals surface area contributed by atoms with Gasteiger partial charge in [-0.05, 0) is 29.6 Å². The summed E-state index contributed by atoms with van der Waals surface area (Å²) in [6.07, 6.45) is -0.0813. The van der Waals surface area contributed by atoms with Gasteiger partial charge in [0.25, 0.3) is 0 Å². The Morgan fingerprint density at radius 1 is 1.47 bits per heavy atom. The molecular formula is C9H8FN3O5S. The van der Waals surface area contributed by atoms with Crippen LogP contribution in [0.1, 0.15) is 5.56 Å². The molecule has 10 heteroatoms. The Morgan fingerprint density at radius 2 is 2.05 bits per heavy atom. The van der Waals surface area contributed by atoms with E-state index in [4.69, 9.17) is 10.6 Å². The van der Waals surface area contributed by atoms with E-state index in [1.54, 1.807) is 0 Å². The van der Waals surface area contributed by atoms with Gasteiger partial charge in [-0.2, -0.15) is 8.42 Å². The summed E-state index contributed by atoms with van der Waals surface area (Å²) in [5.41, 5.74) is 8.66. The number of nitrogens with zero attached hydrogens (tertiary/aromatic N) is 3. The third-order valence-corrected chi connectivity index (χ3v) is 2.42. The van der Waals surface area contributed by atoms with Crippen LogP contribution in [0.4, 0.5) is 3.89 Å². The maximum absolute atomic E-state index is 12.2. The predicted molar refractivity (Wildman–Crippen MR) is 61.4 cm³/mol. The van der Waals surface area contributed by atoms with Gasteiger partial charge in [0, 0.05) is 4.91 Å². The van der Waals surface area contributed by atoms with Crippen molar-refractivity contribution in [3.05, 3.63) is 40.3 Å². The zero-order chi connectivity index (χ0) is 14.5. The Kier molecular flexibility index (Phi) is 4.67. The van der Waals surface area contributed by atoms with Gasteiger partial charge in [0.1, 0.15) is 11.8 Å². The van der Waals surface area contributed by atoms with Crippen LogP contribution in [0.2, 0.25) is 0 Å². The number of carbonyl (C=O) groups is 1. The molecule has 102 valence electrons. The zero-order valence-corrected chi connectivity index (χ0v) is 10.1. The first kappa shape index (κ1) is 14.7. The van der Waals surface area contributed by atoms with Crippen molar-refractivity contribution in [2.24, 2.45) is 5.11 Å². The number of hydrogen-bond donors (Lipinski definition) is 1. The lowest BCUT2D eigenvalue weighted by molar-refractivity contribution is -0.138. The summed E-state index contributed by atoms with van der Waals surface area (Å²) in [5, 5.41) is 11.8. The fraction of sp³-hybridized carbons (Fsp3) is 0.222. The van der Waals surface area contributed by atoms with Crippen LogP contribution in [0.25, 0.3) is 10.4 Å². The molecule has 1 aromatic carbocycles. The molecule has 0 saturated heterocycles. The maximum Gasteiger partial charge on any atom is 0.488 e. The van der Waals surface area contributed by atoms with Crippen LogP contribution in [0.3, 0.4) is 0 Å². The Hall–Kier alpha value is -2.32. The van der Waals surface area contributed by atoms with Gasteiger partial charge >= 0.3 is 16.5 Å². The Bertz CT molecular complexity index is 607. The summed E-state index contributed by atoms with van der Waals surface area (Å²) in [6.45, 7) is 0. The van der Waals surface area contributed by atoms with Crippen LogP contribution >= 0.6 is 0 Å². The van der Waals surface area contributed by atoms with E-state index >= 15 is 0 Å². The molecule has 0 amide bonds. The average molecular weight is 289 g/mol. The number of carboxylic acids is 1. The third-order valence-electron chi connectivity index (χ3n) is 2.02. The number of carboxylic acid groups (broad SMARTS) is 1. The largest absolute Gasteiger partial charge is 0.488 e. The van der Waals surface area contributed by atoms with Crippen molar-refractivity contribution in [1.29, 1.82) is 0 Å². The van der Waals surface area contributed by atoms with Gasteiger partial charge < -0.3 is 9.29 Å². The molecule has 0 aliphatic carbocycles. The first-order chi connectivity index (χ1) is 8.81. The van der Waals surface area contributed by atoms with E-state index in [0.717, 1.165) is 12.1 Å². The van der Waals surface area contributed by atoms with Crippen molar-refractivity contribution >= 4 is 16.5 Å². The Labute approximate surface area is 107 Å². The van der Waals surface area contributed by atoms with Crippen LogP contribution in [0.5, 0.6) is 5.75 Å². The third kappa shape index (κ3) is 5.23. The van der Waals surface area contributed by atoms with Crippen molar-refractivity contribution < 1.29 is 26.4 Å². The van der Waals surface area contributed by atoms with Gasteiger partial charge in [-0.3, -0.25) is 4.79 Å². The second kappa shape index (κ2) is 6.03. The second-order valence-corrected chi connectivity index (χ2v) is 4.34. The lowest BCUT2D eigenvalue weighted by Crippen LogP contribution is -2.19. The highest BCUT2D eigenvalue weighted by atomic mass is 32.3. The minimum atomic E-state index is -5.10. The molecule has 8 nitrogen and oxygen atoms in total. The molecule has 0 radical (unpaired) electrons. The number of aliphatic carboxylic acids is 1. The van der Waals surface area contributed by atoms with Crippen LogP contribution in [0.15, 0.2) is 29.4 Å². The standard InChI is InChI=1S/C9H8FN3O5S/c10-19(16,17)18-7-3-1-6(2-4-7)5-8(9(14)15)12-13-11/h1-4,8H,5H2,(H,14,15)/t8-/m0/s1. The summed E-state index contributed by atoms with van der Waals surface area (Å²) in [5.74, 6) is -1.54. The SMILES string of the molecule is [N-]=[N+]=N[C@@H](Cc1ccc(OS(=O)(=O)F)cc1)C(=O)O. The zero-order valence-electron chi connectivity index (χ0n) is 9.30. The van der Waals surface area contributed by atoms with Crippen LogP contribution in [0, 0.1) is 0 Å². The first-order valence-corrected chi connectivity index (χ1v) is 6.12. The average Bonchev–Trinajstić information content (AvgIpc) is 2.29. The molecule has 0 spiro atoms. The summed E-state index contributed by atoms with van der Waals surface area (Å²) in [6, 6.07) is 3.71. The number of benzene rings is 1. The van der Waals surface area contributed by atoms with E-state index in [-0.39, 0.29) is 12.2 Å². The fourth-order valence-corrected chi connectivity index (χ4v) is 1.60. The molecule has 0 unspecified atom stereocenters.